The first-order chi connectivity index (χ1) is 20.1. The number of ether oxygens (including phenoxy) is 1. The number of likely N-dealkylation sites (N-methyl/N-ethyl adjacent to an activating group) is 1. The smallest absolute Gasteiger partial charge is 0.318 e. The van der Waals surface area contributed by atoms with E-state index in [9.17, 15) is 10.1 Å². The molecule has 2 saturated heterocycles. The van der Waals surface area contributed by atoms with Crippen LogP contribution in [-0.4, -0.2) is 89.1 Å². The van der Waals surface area contributed by atoms with Crippen LogP contribution >= 0.6 is 0 Å². The monoisotopic (exact) mass is 552 g/mol. The van der Waals surface area contributed by atoms with Gasteiger partial charge in [0.1, 0.15) is 12.4 Å². The number of likely N-dealkylation sites (tertiary alicyclic amines) is 1. The average molecular weight is 553 g/mol. The van der Waals surface area contributed by atoms with Gasteiger partial charge < -0.3 is 24.3 Å². The van der Waals surface area contributed by atoms with Crippen LogP contribution in [0.2, 0.25) is 0 Å². The Morgan fingerprint density at radius 3 is 2.88 bits per heavy atom. The highest BCUT2D eigenvalue weighted by molar-refractivity contribution is 5.93. The first kappa shape index (κ1) is 27.0. The van der Waals surface area contributed by atoms with Crippen molar-refractivity contribution in [3.63, 3.8) is 0 Å². The van der Waals surface area contributed by atoms with Crippen LogP contribution in [0.15, 0.2) is 49.3 Å². The molecule has 1 amide bonds. The molecule has 2 fully saturated rings. The standard InChI is InChI=1S/C31H36N8O2/c1-3-29(40)39-17-16-38(19-23(39)9-12-32)30-25-11-15-37(28-8-4-6-22-10-13-33-18-26(22)28)20-27(25)34-31(35-30)41-21-24-7-5-14-36(24)2/h3-4,6,8,10,13,18,23-24H,1,5,7,9,11,14-17,19-21H2,2H3. The molecule has 0 aliphatic carbocycles. The molecule has 0 radical (unpaired) electrons. The highest BCUT2D eigenvalue weighted by Crippen LogP contribution is 2.34. The number of aromatic nitrogens is 3. The number of carbonyl (C=O) groups is 1. The summed E-state index contributed by atoms with van der Waals surface area (Å²) >= 11 is 0. The van der Waals surface area contributed by atoms with Gasteiger partial charge in [0.05, 0.1) is 30.8 Å². The van der Waals surface area contributed by atoms with Crippen molar-refractivity contribution in [2.75, 3.05) is 56.2 Å². The molecule has 1 aromatic carbocycles. The quantitative estimate of drug-likeness (QED) is 0.409. The van der Waals surface area contributed by atoms with Crippen LogP contribution in [0.1, 0.15) is 30.5 Å². The summed E-state index contributed by atoms with van der Waals surface area (Å²) in [5, 5.41) is 11.8. The number of hydrogen-bond acceptors (Lipinski definition) is 9. The minimum absolute atomic E-state index is 0.139. The molecule has 41 heavy (non-hydrogen) atoms. The third-order valence-electron chi connectivity index (χ3n) is 8.67. The SMILES string of the molecule is C=CC(=O)N1CCN(c2nc(OCC3CCCN3C)nc3c2CCN(c2cccc4ccncc24)C3)CC1CC#N. The number of pyridine rings is 1. The highest BCUT2D eigenvalue weighted by atomic mass is 16.5. The Bertz CT molecular complexity index is 1480. The van der Waals surface area contributed by atoms with E-state index < -0.39 is 0 Å². The maximum Gasteiger partial charge on any atom is 0.318 e. The van der Waals surface area contributed by atoms with Crippen LogP contribution in [0.3, 0.4) is 0 Å². The summed E-state index contributed by atoms with van der Waals surface area (Å²) < 4.78 is 6.27. The molecule has 10 heteroatoms. The topological polar surface area (TPSA) is 102 Å². The molecule has 0 spiro atoms. The molecular formula is C31H36N8O2. The summed E-state index contributed by atoms with van der Waals surface area (Å²) in [6, 6.07) is 11.2. The number of anilines is 2. The third kappa shape index (κ3) is 5.42. The summed E-state index contributed by atoms with van der Waals surface area (Å²) in [7, 11) is 2.14. The van der Waals surface area contributed by atoms with Gasteiger partial charge in [0, 0.05) is 61.3 Å². The predicted molar refractivity (Wildman–Crippen MR) is 158 cm³/mol. The number of hydrogen-bond donors (Lipinski definition) is 0. The molecule has 0 N–H and O–H groups in total. The van der Waals surface area contributed by atoms with Crippen LogP contribution in [0.25, 0.3) is 10.8 Å². The molecule has 212 valence electrons. The molecule has 10 nitrogen and oxygen atoms in total. The fourth-order valence-electron chi connectivity index (χ4n) is 6.39. The number of carbonyl (C=O) groups excluding carboxylic acids is 1. The molecule has 0 bridgehead atoms. The number of benzene rings is 1. The van der Waals surface area contributed by atoms with Gasteiger partial charge >= 0.3 is 6.01 Å². The van der Waals surface area contributed by atoms with Gasteiger partial charge in [0.15, 0.2) is 0 Å². The zero-order valence-corrected chi connectivity index (χ0v) is 23.6. The number of piperazine rings is 1. The summed E-state index contributed by atoms with van der Waals surface area (Å²) in [6.07, 6.45) is 8.39. The molecule has 5 heterocycles. The van der Waals surface area contributed by atoms with Gasteiger partial charge in [-0.05, 0) is 56.4 Å². The molecule has 2 unspecified atom stereocenters. The van der Waals surface area contributed by atoms with Crippen LogP contribution in [0, 0.1) is 11.3 Å². The van der Waals surface area contributed by atoms with Crippen LogP contribution in [0.5, 0.6) is 6.01 Å². The fourth-order valence-corrected chi connectivity index (χ4v) is 6.39. The Kier molecular flexibility index (Phi) is 7.70. The number of fused-ring (bicyclic) bond motifs is 2. The molecule has 2 atom stereocenters. The lowest BCUT2D eigenvalue weighted by molar-refractivity contribution is -0.128. The molecule has 6 rings (SSSR count). The van der Waals surface area contributed by atoms with E-state index in [0.29, 0.717) is 44.8 Å². The van der Waals surface area contributed by atoms with Gasteiger partial charge in [-0.3, -0.25) is 9.78 Å². The lowest BCUT2D eigenvalue weighted by Gasteiger charge is -2.42. The van der Waals surface area contributed by atoms with Gasteiger partial charge in [-0.15, -0.1) is 0 Å². The Labute approximate surface area is 240 Å². The second kappa shape index (κ2) is 11.7. The maximum atomic E-state index is 12.5. The van der Waals surface area contributed by atoms with Crippen molar-refractivity contribution in [2.24, 2.45) is 0 Å². The third-order valence-corrected chi connectivity index (χ3v) is 8.67. The first-order valence-electron chi connectivity index (χ1n) is 14.4. The molecule has 3 aromatic rings. The summed E-state index contributed by atoms with van der Waals surface area (Å²) in [5.74, 6) is 0.720. The van der Waals surface area contributed by atoms with E-state index in [1.165, 1.54) is 12.5 Å². The zero-order chi connectivity index (χ0) is 28.3. The average Bonchev–Trinajstić information content (AvgIpc) is 3.43. The summed E-state index contributed by atoms with van der Waals surface area (Å²) in [4.78, 5) is 35.5. The number of nitriles is 1. The van der Waals surface area contributed by atoms with E-state index in [2.05, 4.69) is 57.6 Å². The van der Waals surface area contributed by atoms with Crippen molar-refractivity contribution in [3.05, 3.63) is 60.6 Å². The zero-order valence-electron chi connectivity index (χ0n) is 23.6. The Hall–Kier alpha value is -4.23. The summed E-state index contributed by atoms with van der Waals surface area (Å²) in [6.45, 7) is 8.38. The molecular weight excluding hydrogens is 516 g/mol. The molecule has 0 saturated carbocycles. The first-order valence-corrected chi connectivity index (χ1v) is 14.4. The Morgan fingerprint density at radius 1 is 1.17 bits per heavy atom. The largest absolute Gasteiger partial charge is 0.462 e. The molecule has 3 aliphatic rings. The second-order valence-corrected chi connectivity index (χ2v) is 11.1. The second-order valence-electron chi connectivity index (χ2n) is 11.1. The lowest BCUT2D eigenvalue weighted by Crippen LogP contribution is -2.55. The molecule has 3 aliphatic heterocycles. The van der Waals surface area contributed by atoms with Crippen molar-refractivity contribution in [2.45, 2.75) is 44.3 Å². The molecule has 2 aromatic heterocycles. The van der Waals surface area contributed by atoms with Gasteiger partial charge in [-0.2, -0.15) is 15.2 Å². The maximum absolute atomic E-state index is 12.5. The minimum atomic E-state index is -0.232. The number of nitrogens with zero attached hydrogens (tertiary/aromatic N) is 8. The van der Waals surface area contributed by atoms with Crippen LogP contribution in [0.4, 0.5) is 11.5 Å². The predicted octanol–water partition coefficient (Wildman–Crippen LogP) is 3.18. The van der Waals surface area contributed by atoms with Gasteiger partial charge in [0.25, 0.3) is 0 Å². The normalized spacial score (nSPS) is 21.0. The van der Waals surface area contributed by atoms with Crippen molar-refractivity contribution in [1.82, 2.24) is 24.8 Å². The van der Waals surface area contributed by atoms with E-state index in [0.717, 1.165) is 59.5 Å². The highest BCUT2D eigenvalue weighted by Gasteiger charge is 2.33. The van der Waals surface area contributed by atoms with E-state index >= 15 is 0 Å². The number of amides is 1. The lowest BCUT2D eigenvalue weighted by atomic mass is 10.0. The van der Waals surface area contributed by atoms with E-state index in [1.54, 1.807) is 4.90 Å². The van der Waals surface area contributed by atoms with Crippen molar-refractivity contribution in [3.8, 4) is 12.1 Å². The summed E-state index contributed by atoms with van der Waals surface area (Å²) in [5.41, 5.74) is 3.21. The van der Waals surface area contributed by atoms with E-state index in [1.807, 2.05) is 18.5 Å². The Balaban J connectivity index is 1.33. The Morgan fingerprint density at radius 2 is 2.07 bits per heavy atom. The van der Waals surface area contributed by atoms with Crippen molar-refractivity contribution >= 4 is 28.2 Å². The van der Waals surface area contributed by atoms with E-state index in [4.69, 9.17) is 14.7 Å². The van der Waals surface area contributed by atoms with Crippen LogP contribution in [-0.2, 0) is 17.8 Å². The fraction of sp³-hybridized carbons (Fsp3) is 0.452. The van der Waals surface area contributed by atoms with Gasteiger partial charge in [-0.1, -0.05) is 18.7 Å². The van der Waals surface area contributed by atoms with Gasteiger partial charge in [0.2, 0.25) is 5.91 Å². The van der Waals surface area contributed by atoms with Gasteiger partial charge in [-0.25, -0.2) is 0 Å². The number of rotatable bonds is 7. The van der Waals surface area contributed by atoms with Crippen LogP contribution < -0.4 is 14.5 Å². The van der Waals surface area contributed by atoms with E-state index in [-0.39, 0.29) is 18.4 Å². The van der Waals surface area contributed by atoms with Crippen molar-refractivity contribution < 1.29 is 9.53 Å². The minimum Gasteiger partial charge on any atom is -0.462 e. The van der Waals surface area contributed by atoms with Crippen molar-refractivity contribution in [1.29, 1.82) is 5.26 Å².